The predicted octanol–water partition coefficient (Wildman–Crippen LogP) is 7.78. The molecule has 2 aromatic heterocycles. The van der Waals surface area contributed by atoms with Crippen LogP contribution < -0.4 is 13.2 Å². The molecule has 4 nitrogen and oxygen atoms in total. The fourth-order valence-corrected chi connectivity index (χ4v) is 19.6. The van der Waals surface area contributed by atoms with E-state index in [1.54, 1.807) is 0 Å². The van der Waals surface area contributed by atoms with E-state index in [4.69, 9.17) is 14.5 Å². The number of ether oxygens (including phenoxy) is 2. The summed E-state index contributed by atoms with van der Waals surface area (Å²) in [6.07, 6.45) is 8.06. The number of rotatable bonds is 14. The van der Waals surface area contributed by atoms with Crippen LogP contribution in [0.3, 0.4) is 0 Å². The van der Waals surface area contributed by atoms with Gasteiger partial charge < -0.3 is 4.74 Å². The second kappa shape index (κ2) is 17.6. The largest absolute Gasteiger partial charge is 0.478 e. The summed E-state index contributed by atoms with van der Waals surface area (Å²) in [6.45, 7) is 12.3. The van der Waals surface area contributed by atoms with E-state index in [-0.39, 0.29) is 0 Å². The molecule has 0 saturated heterocycles. The van der Waals surface area contributed by atoms with Crippen LogP contribution in [0.2, 0.25) is 13.3 Å². The molecule has 0 aromatic carbocycles. The summed E-state index contributed by atoms with van der Waals surface area (Å²) in [5, 5.41) is 0. The van der Waals surface area contributed by atoms with Crippen LogP contribution in [0.15, 0.2) is 41.0 Å². The van der Waals surface area contributed by atoms with Crippen molar-refractivity contribution < 1.29 is 9.47 Å². The van der Waals surface area contributed by atoms with E-state index in [1.807, 2.05) is 38.1 Å². The van der Waals surface area contributed by atoms with Crippen LogP contribution in [0.5, 0.6) is 11.8 Å². The molecule has 2 rings (SSSR count). The molecule has 0 N–H and O–H groups in total. The maximum atomic E-state index is 5.68. The van der Waals surface area contributed by atoms with Gasteiger partial charge in [-0.25, -0.2) is 4.98 Å². The van der Waals surface area contributed by atoms with Gasteiger partial charge in [0.1, 0.15) is 4.60 Å². The Morgan fingerprint density at radius 1 is 0.688 bits per heavy atom. The molecule has 32 heavy (non-hydrogen) atoms. The van der Waals surface area contributed by atoms with E-state index >= 15 is 0 Å². The first-order valence-corrected chi connectivity index (χ1v) is 20.7. The maximum Gasteiger partial charge on any atom is 0.214 e. The zero-order valence-electron chi connectivity index (χ0n) is 20.8. The Morgan fingerprint density at radius 3 is 1.59 bits per heavy atom. The molecule has 0 amide bonds. The van der Waals surface area contributed by atoms with Crippen molar-refractivity contribution in [1.82, 2.24) is 9.97 Å². The van der Waals surface area contributed by atoms with Gasteiger partial charge in [0.05, 0.1) is 6.61 Å². The Labute approximate surface area is 208 Å². The second-order valence-corrected chi connectivity index (χ2v) is 22.0. The van der Waals surface area contributed by atoms with Crippen LogP contribution >= 0.6 is 15.9 Å². The standard InChI is InChI=1S/C7H8BrNO.C7H8NO.3C4H9.Sn/c1-2-10-7-5-3-4-6(8)9-7;1-2-9-7-5-3-4-6-8-7;3*1-3-4-2;/h3-5H,2H2,1H3;3-5H,2H2,1H3;3*1,3-4H2,2H3;. The number of nitrogens with zero attached hydrogens (tertiary/aromatic N) is 2. The van der Waals surface area contributed by atoms with Crippen molar-refractivity contribution in [2.45, 2.75) is 86.5 Å². The van der Waals surface area contributed by atoms with Crippen molar-refractivity contribution in [1.29, 1.82) is 0 Å². The van der Waals surface area contributed by atoms with Gasteiger partial charge in [-0.05, 0) is 28.9 Å². The third-order valence-electron chi connectivity index (χ3n) is 5.57. The van der Waals surface area contributed by atoms with E-state index in [0.717, 1.165) is 10.5 Å². The first-order valence-electron chi connectivity index (χ1n) is 12.4. The molecule has 0 radical (unpaired) electrons. The van der Waals surface area contributed by atoms with Gasteiger partial charge >= 0.3 is 142 Å². The van der Waals surface area contributed by atoms with Crippen LogP contribution in [0.4, 0.5) is 0 Å². The Kier molecular flexibility index (Phi) is 16.1. The van der Waals surface area contributed by atoms with E-state index in [2.05, 4.69) is 53.8 Å². The van der Waals surface area contributed by atoms with Gasteiger partial charge in [-0.1, -0.05) is 6.07 Å². The van der Waals surface area contributed by atoms with Crippen LogP contribution in [-0.4, -0.2) is 41.6 Å². The third kappa shape index (κ3) is 10.9. The molecule has 6 heteroatoms. The van der Waals surface area contributed by atoms with Crippen molar-refractivity contribution in [2.75, 3.05) is 13.2 Å². The van der Waals surface area contributed by atoms with Gasteiger partial charge in [0, 0.05) is 6.07 Å². The third-order valence-corrected chi connectivity index (χ3v) is 21.1. The number of pyridine rings is 2. The van der Waals surface area contributed by atoms with Gasteiger partial charge in [0.15, 0.2) is 0 Å². The Bertz CT molecular complexity index is 723. The quantitative estimate of drug-likeness (QED) is 0.161. The molecular weight excluding hydrogens is 571 g/mol. The van der Waals surface area contributed by atoms with E-state index in [0.29, 0.717) is 19.1 Å². The van der Waals surface area contributed by atoms with Crippen molar-refractivity contribution in [2.24, 2.45) is 0 Å². The average molecular weight is 614 g/mol. The molecule has 0 spiro atoms. The van der Waals surface area contributed by atoms with Crippen LogP contribution in [0, 0.1) is 0 Å². The average Bonchev–Trinajstić information content (AvgIpc) is 2.80. The van der Waals surface area contributed by atoms with Gasteiger partial charge in [0.2, 0.25) is 5.88 Å². The first kappa shape index (κ1) is 29.2. The molecule has 0 aliphatic carbocycles. The van der Waals surface area contributed by atoms with Crippen molar-refractivity contribution in [3.63, 3.8) is 0 Å². The summed E-state index contributed by atoms with van der Waals surface area (Å²) >= 11 is 0.869. The fourth-order valence-electron chi connectivity index (χ4n) is 3.86. The Hall–Kier alpha value is -0.821. The van der Waals surface area contributed by atoms with Crippen molar-refractivity contribution in [3.8, 4) is 11.8 Å². The van der Waals surface area contributed by atoms with Gasteiger partial charge in [-0.15, -0.1) is 0 Å². The van der Waals surface area contributed by atoms with Crippen LogP contribution in [0.25, 0.3) is 0 Å². The summed E-state index contributed by atoms with van der Waals surface area (Å²) in [5.41, 5.74) is 0. The second-order valence-electron chi connectivity index (χ2n) is 8.12. The summed E-state index contributed by atoms with van der Waals surface area (Å²) in [6, 6.07) is 12.1. The summed E-state index contributed by atoms with van der Waals surface area (Å²) in [4.78, 5) is 9.02. The number of unbranched alkanes of at least 4 members (excludes halogenated alkanes) is 3. The molecule has 180 valence electrons. The number of hydrogen-bond donors (Lipinski definition) is 0. The van der Waals surface area contributed by atoms with Crippen molar-refractivity contribution >= 4 is 38.0 Å². The molecule has 0 saturated carbocycles. The zero-order chi connectivity index (χ0) is 23.7. The van der Waals surface area contributed by atoms with Gasteiger partial charge in [-0.3, -0.25) is 0 Å². The van der Waals surface area contributed by atoms with Crippen LogP contribution in [-0.2, 0) is 0 Å². The van der Waals surface area contributed by atoms with Gasteiger partial charge in [-0.2, -0.15) is 0 Å². The van der Waals surface area contributed by atoms with Gasteiger partial charge in [0.25, 0.3) is 0 Å². The fraction of sp³-hybridized carbons (Fsp3) is 0.615. The monoisotopic (exact) mass is 614 g/mol. The minimum Gasteiger partial charge on any atom is -0.478 e. The summed E-state index contributed by atoms with van der Waals surface area (Å²) in [7, 11) is 0. The maximum absolute atomic E-state index is 5.68. The molecule has 0 atom stereocenters. The minimum absolute atomic E-state index is 0.656. The number of hydrogen-bond acceptors (Lipinski definition) is 4. The normalized spacial score (nSPS) is 10.9. The smallest absolute Gasteiger partial charge is 0.214 e. The molecule has 2 aromatic rings. The summed E-state index contributed by atoms with van der Waals surface area (Å²) < 4.78 is 17.5. The SMILES string of the molecule is CCC[CH2][Sn]([CH2]CCC)([CH2]CCC)[c]1cccc(OCC)n1.CCOc1cccc(Br)n1. The van der Waals surface area contributed by atoms with E-state index < -0.39 is 18.4 Å². The molecular formula is C26H43BrN2O2Sn. The summed E-state index contributed by atoms with van der Waals surface area (Å²) in [5.74, 6) is 1.50. The number of halogens is 1. The molecule has 0 aliphatic heterocycles. The topological polar surface area (TPSA) is 44.2 Å². The molecule has 0 fully saturated rings. The molecule has 0 unspecified atom stereocenters. The number of aromatic nitrogens is 2. The van der Waals surface area contributed by atoms with E-state index in [1.165, 1.54) is 55.5 Å². The Balaban J connectivity index is 0.000000425. The predicted molar refractivity (Wildman–Crippen MR) is 143 cm³/mol. The van der Waals surface area contributed by atoms with Crippen molar-refractivity contribution in [3.05, 3.63) is 41.0 Å². The first-order chi connectivity index (χ1) is 15.5. The zero-order valence-corrected chi connectivity index (χ0v) is 25.3. The molecule has 0 bridgehead atoms. The van der Waals surface area contributed by atoms with E-state index in [9.17, 15) is 0 Å². The molecule has 2 heterocycles. The molecule has 0 aliphatic rings. The van der Waals surface area contributed by atoms with Crippen LogP contribution in [0.1, 0.15) is 73.1 Å². The minimum atomic E-state index is -2.37. The Morgan fingerprint density at radius 2 is 1.16 bits per heavy atom.